The maximum absolute atomic E-state index is 3.61. The van der Waals surface area contributed by atoms with E-state index in [1.54, 1.807) is 4.88 Å². The Morgan fingerprint density at radius 1 is 1.28 bits per heavy atom. The average Bonchev–Trinajstić information content (AvgIpc) is 2.70. The van der Waals surface area contributed by atoms with Crippen molar-refractivity contribution in [1.82, 2.24) is 5.32 Å². The van der Waals surface area contributed by atoms with Gasteiger partial charge in [-0.1, -0.05) is 41.5 Å². The third-order valence-corrected chi connectivity index (χ3v) is 6.54. The largest absolute Gasteiger partial charge is 0.314 e. The number of hydrogen-bond donors (Lipinski definition) is 1. The molecule has 1 aromatic heterocycles. The molecule has 2 atom stereocenters. The van der Waals surface area contributed by atoms with Gasteiger partial charge in [-0.3, -0.25) is 0 Å². The fourth-order valence-corrected chi connectivity index (χ4v) is 4.57. The van der Waals surface area contributed by atoms with Gasteiger partial charge in [-0.15, -0.1) is 11.3 Å². The lowest BCUT2D eigenvalue weighted by Crippen LogP contribution is -2.26. The SMILES string of the molecule is CCc1ccc(C2(C)C(CNC(C)C)C2(C)C)s1. The summed E-state index contributed by atoms with van der Waals surface area (Å²) >= 11 is 2.01. The maximum Gasteiger partial charge on any atom is 0.0119 e. The Bertz CT molecular complexity index is 418. The minimum atomic E-state index is 0.368. The minimum absolute atomic E-state index is 0.368. The number of rotatable bonds is 5. The Kier molecular flexibility index (Phi) is 3.63. The van der Waals surface area contributed by atoms with Gasteiger partial charge in [0.05, 0.1) is 0 Å². The zero-order chi connectivity index (χ0) is 13.6. The van der Waals surface area contributed by atoms with Crippen LogP contribution >= 0.6 is 11.3 Å². The number of thiophene rings is 1. The summed E-state index contributed by atoms with van der Waals surface area (Å²) in [6.45, 7) is 15.1. The molecule has 1 heterocycles. The first-order valence-corrected chi connectivity index (χ1v) is 7.98. The van der Waals surface area contributed by atoms with Crippen LogP contribution in [0.3, 0.4) is 0 Å². The third-order valence-electron chi connectivity index (χ3n) is 5.08. The fourth-order valence-electron chi connectivity index (χ4n) is 3.25. The molecule has 102 valence electrons. The van der Waals surface area contributed by atoms with E-state index in [2.05, 4.69) is 59.0 Å². The van der Waals surface area contributed by atoms with E-state index in [1.807, 2.05) is 11.3 Å². The summed E-state index contributed by atoms with van der Waals surface area (Å²) in [4.78, 5) is 3.10. The highest BCUT2D eigenvalue weighted by Crippen LogP contribution is 2.69. The summed E-state index contributed by atoms with van der Waals surface area (Å²) in [7, 11) is 0. The van der Waals surface area contributed by atoms with Crippen LogP contribution in [0.1, 0.15) is 51.3 Å². The molecular formula is C16H27NS. The lowest BCUT2D eigenvalue weighted by Gasteiger charge is -2.12. The van der Waals surface area contributed by atoms with E-state index >= 15 is 0 Å². The van der Waals surface area contributed by atoms with Crippen molar-refractivity contribution >= 4 is 11.3 Å². The van der Waals surface area contributed by atoms with E-state index < -0.39 is 0 Å². The molecule has 0 bridgehead atoms. The molecule has 0 radical (unpaired) electrons. The Morgan fingerprint density at radius 2 is 1.94 bits per heavy atom. The summed E-state index contributed by atoms with van der Waals surface area (Å²) in [5, 5.41) is 3.61. The second-order valence-electron chi connectivity index (χ2n) is 6.66. The molecule has 0 saturated heterocycles. The molecular weight excluding hydrogens is 238 g/mol. The fraction of sp³-hybridized carbons (Fsp3) is 0.750. The molecule has 1 fully saturated rings. The van der Waals surface area contributed by atoms with Crippen LogP contribution in [0.2, 0.25) is 0 Å². The van der Waals surface area contributed by atoms with Gasteiger partial charge in [0.2, 0.25) is 0 Å². The third kappa shape index (κ3) is 2.04. The highest BCUT2D eigenvalue weighted by molar-refractivity contribution is 7.12. The van der Waals surface area contributed by atoms with Crippen LogP contribution in [0.4, 0.5) is 0 Å². The average molecular weight is 265 g/mol. The van der Waals surface area contributed by atoms with Crippen LogP contribution in [0, 0.1) is 11.3 Å². The smallest absolute Gasteiger partial charge is 0.0119 e. The summed E-state index contributed by atoms with van der Waals surface area (Å²) in [5.41, 5.74) is 0.789. The standard InChI is InChI=1S/C16H27NS/c1-7-12-8-9-14(18-12)16(6)13(15(16,4)5)10-17-11(2)3/h8-9,11,13,17H,7,10H2,1-6H3. The van der Waals surface area contributed by atoms with E-state index in [9.17, 15) is 0 Å². The van der Waals surface area contributed by atoms with E-state index in [1.165, 1.54) is 4.88 Å². The summed E-state index contributed by atoms with van der Waals surface area (Å²) < 4.78 is 0. The van der Waals surface area contributed by atoms with Crippen molar-refractivity contribution < 1.29 is 0 Å². The van der Waals surface area contributed by atoms with E-state index in [-0.39, 0.29) is 0 Å². The molecule has 0 aliphatic heterocycles. The Balaban J connectivity index is 2.15. The van der Waals surface area contributed by atoms with Crippen LogP contribution in [-0.4, -0.2) is 12.6 Å². The van der Waals surface area contributed by atoms with Crippen molar-refractivity contribution in [3.63, 3.8) is 0 Å². The lowest BCUT2D eigenvalue weighted by atomic mass is 9.96. The molecule has 0 spiro atoms. The van der Waals surface area contributed by atoms with Gasteiger partial charge in [0, 0.05) is 21.2 Å². The topological polar surface area (TPSA) is 12.0 Å². The zero-order valence-corrected chi connectivity index (χ0v) is 13.4. The lowest BCUT2D eigenvalue weighted by molar-refractivity contribution is 0.489. The monoisotopic (exact) mass is 265 g/mol. The molecule has 1 N–H and O–H groups in total. The number of nitrogens with one attached hydrogen (secondary N) is 1. The van der Waals surface area contributed by atoms with Crippen molar-refractivity contribution in [3.05, 3.63) is 21.9 Å². The van der Waals surface area contributed by atoms with Gasteiger partial charge in [0.25, 0.3) is 0 Å². The summed E-state index contributed by atoms with van der Waals surface area (Å²) in [5.74, 6) is 0.760. The van der Waals surface area contributed by atoms with Gasteiger partial charge >= 0.3 is 0 Å². The van der Waals surface area contributed by atoms with Crippen molar-refractivity contribution in [2.45, 2.75) is 59.4 Å². The van der Waals surface area contributed by atoms with Crippen molar-refractivity contribution in [2.24, 2.45) is 11.3 Å². The normalized spacial score (nSPS) is 29.8. The Labute approximate surface area is 116 Å². The molecule has 18 heavy (non-hydrogen) atoms. The maximum atomic E-state index is 3.61. The van der Waals surface area contributed by atoms with Gasteiger partial charge < -0.3 is 5.32 Å². The first kappa shape index (κ1) is 14.1. The van der Waals surface area contributed by atoms with Crippen LogP contribution in [0.5, 0.6) is 0 Å². The highest BCUT2D eigenvalue weighted by Gasteiger charge is 2.68. The Morgan fingerprint density at radius 3 is 2.44 bits per heavy atom. The minimum Gasteiger partial charge on any atom is -0.314 e. The second kappa shape index (κ2) is 4.64. The predicted octanol–water partition coefficient (Wildman–Crippen LogP) is 4.22. The van der Waals surface area contributed by atoms with Gasteiger partial charge in [-0.25, -0.2) is 0 Å². The van der Waals surface area contributed by atoms with Crippen molar-refractivity contribution in [3.8, 4) is 0 Å². The van der Waals surface area contributed by atoms with Gasteiger partial charge in [0.15, 0.2) is 0 Å². The molecule has 2 rings (SSSR count). The van der Waals surface area contributed by atoms with E-state index in [0.717, 1.165) is 18.9 Å². The Hall–Kier alpha value is -0.340. The first-order chi connectivity index (χ1) is 8.34. The molecule has 2 unspecified atom stereocenters. The van der Waals surface area contributed by atoms with Gasteiger partial charge in [-0.2, -0.15) is 0 Å². The quantitative estimate of drug-likeness (QED) is 0.840. The molecule has 0 aromatic carbocycles. The van der Waals surface area contributed by atoms with Gasteiger partial charge in [-0.05, 0) is 36.4 Å². The van der Waals surface area contributed by atoms with E-state index in [4.69, 9.17) is 0 Å². The molecule has 1 aliphatic rings. The molecule has 1 nitrogen and oxygen atoms in total. The van der Waals surface area contributed by atoms with Crippen LogP contribution in [-0.2, 0) is 11.8 Å². The highest BCUT2D eigenvalue weighted by atomic mass is 32.1. The van der Waals surface area contributed by atoms with E-state index in [0.29, 0.717) is 16.9 Å². The van der Waals surface area contributed by atoms with Crippen LogP contribution in [0.25, 0.3) is 0 Å². The molecule has 2 heteroatoms. The first-order valence-electron chi connectivity index (χ1n) is 7.16. The summed E-state index contributed by atoms with van der Waals surface area (Å²) in [6, 6.07) is 5.26. The second-order valence-corrected chi connectivity index (χ2v) is 7.83. The molecule has 1 aromatic rings. The zero-order valence-electron chi connectivity index (χ0n) is 12.6. The molecule has 1 aliphatic carbocycles. The predicted molar refractivity (Wildman–Crippen MR) is 81.5 cm³/mol. The van der Waals surface area contributed by atoms with Gasteiger partial charge in [0.1, 0.15) is 0 Å². The number of hydrogen-bond acceptors (Lipinski definition) is 2. The molecule has 0 amide bonds. The van der Waals surface area contributed by atoms with Crippen LogP contribution < -0.4 is 5.32 Å². The summed E-state index contributed by atoms with van der Waals surface area (Å²) in [6.07, 6.45) is 1.16. The molecule has 1 saturated carbocycles. The number of aryl methyl sites for hydroxylation is 1. The van der Waals surface area contributed by atoms with Crippen molar-refractivity contribution in [1.29, 1.82) is 0 Å². The van der Waals surface area contributed by atoms with Crippen LogP contribution in [0.15, 0.2) is 12.1 Å². The van der Waals surface area contributed by atoms with Crippen molar-refractivity contribution in [2.75, 3.05) is 6.54 Å².